The van der Waals surface area contributed by atoms with Gasteiger partial charge < -0.3 is 4.74 Å². The average molecular weight is 255 g/mol. The average Bonchev–Trinajstić information content (AvgIpc) is 2.47. The van der Waals surface area contributed by atoms with Crippen LogP contribution in [0.2, 0.25) is 0 Å². The van der Waals surface area contributed by atoms with Crippen LogP contribution in [0.15, 0.2) is 48.8 Å². The van der Waals surface area contributed by atoms with Gasteiger partial charge in [-0.2, -0.15) is 0 Å². The Morgan fingerprint density at radius 1 is 1.16 bits per heavy atom. The van der Waals surface area contributed by atoms with Crippen LogP contribution in [0.25, 0.3) is 0 Å². The highest BCUT2D eigenvalue weighted by molar-refractivity contribution is 6.05. The fraction of sp³-hybridized carbons (Fsp3) is 0.250. The third-order valence-corrected chi connectivity index (χ3v) is 3.30. The molecule has 0 N–H and O–H groups in total. The number of pyridine rings is 1. The summed E-state index contributed by atoms with van der Waals surface area (Å²) in [5.74, 6) is 0.627. The maximum absolute atomic E-state index is 12.7. The van der Waals surface area contributed by atoms with Gasteiger partial charge in [-0.05, 0) is 37.6 Å². The van der Waals surface area contributed by atoms with E-state index in [4.69, 9.17) is 4.74 Å². The predicted octanol–water partition coefficient (Wildman–Crippen LogP) is 3.25. The second-order valence-electron chi connectivity index (χ2n) is 4.90. The first-order valence-corrected chi connectivity index (χ1v) is 6.15. The lowest BCUT2D eigenvalue weighted by Gasteiger charge is -2.24. The van der Waals surface area contributed by atoms with Crippen molar-refractivity contribution < 1.29 is 9.53 Å². The van der Waals surface area contributed by atoms with Gasteiger partial charge in [0.05, 0.1) is 18.1 Å². The van der Waals surface area contributed by atoms with E-state index in [1.54, 1.807) is 31.6 Å². The Kier molecular flexibility index (Phi) is 3.65. The highest BCUT2D eigenvalue weighted by Crippen LogP contribution is 2.30. The van der Waals surface area contributed by atoms with E-state index in [0.29, 0.717) is 11.3 Å². The molecule has 19 heavy (non-hydrogen) atoms. The van der Waals surface area contributed by atoms with Crippen molar-refractivity contribution in [1.82, 2.24) is 4.98 Å². The summed E-state index contributed by atoms with van der Waals surface area (Å²) in [5, 5.41) is 0. The third-order valence-electron chi connectivity index (χ3n) is 3.30. The molecule has 0 radical (unpaired) electrons. The quantitative estimate of drug-likeness (QED) is 0.787. The van der Waals surface area contributed by atoms with Crippen molar-refractivity contribution >= 4 is 5.78 Å². The molecule has 0 saturated heterocycles. The van der Waals surface area contributed by atoms with Gasteiger partial charge in [-0.1, -0.05) is 18.2 Å². The molecule has 0 aliphatic rings. The van der Waals surface area contributed by atoms with Crippen molar-refractivity contribution in [3.8, 4) is 5.75 Å². The van der Waals surface area contributed by atoms with E-state index in [0.717, 1.165) is 5.56 Å². The number of ketones is 1. The van der Waals surface area contributed by atoms with Gasteiger partial charge in [0.2, 0.25) is 0 Å². The molecule has 0 bridgehead atoms. The molecule has 0 saturated carbocycles. The monoisotopic (exact) mass is 255 g/mol. The molecule has 0 amide bonds. The number of carbonyl (C=O) groups excluding carboxylic acids is 1. The summed E-state index contributed by atoms with van der Waals surface area (Å²) in [6.07, 6.45) is 3.43. The number of ether oxygens (including phenoxy) is 1. The smallest absolute Gasteiger partial charge is 0.176 e. The van der Waals surface area contributed by atoms with Crippen LogP contribution in [0.1, 0.15) is 29.8 Å². The number of para-hydroxylation sites is 1. The summed E-state index contributed by atoms with van der Waals surface area (Å²) in [6.45, 7) is 3.80. The first kappa shape index (κ1) is 13.3. The van der Waals surface area contributed by atoms with Crippen LogP contribution in [0, 0.1) is 0 Å². The zero-order valence-electron chi connectivity index (χ0n) is 11.4. The molecule has 0 fully saturated rings. The van der Waals surface area contributed by atoms with E-state index < -0.39 is 5.41 Å². The van der Waals surface area contributed by atoms with Crippen molar-refractivity contribution in [2.75, 3.05) is 7.11 Å². The molecule has 0 atom stereocenters. The zero-order chi connectivity index (χ0) is 13.9. The van der Waals surface area contributed by atoms with Crippen LogP contribution in [0.3, 0.4) is 0 Å². The first-order valence-electron chi connectivity index (χ1n) is 6.15. The second kappa shape index (κ2) is 5.22. The molecule has 0 aliphatic carbocycles. The largest absolute Gasteiger partial charge is 0.496 e. The maximum atomic E-state index is 12.7. The molecule has 98 valence electrons. The van der Waals surface area contributed by atoms with Crippen LogP contribution in [-0.4, -0.2) is 17.9 Å². The minimum Gasteiger partial charge on any atom is -0.496 e. The zero-order valence-corrected chi connectivity index (χ0v) is 11.4. The van der Waals surface area contributed by atoms with Crippen molar-refractivity contribution in [1.29, 1.82) is 0 Å². The molecule has 1 heterocycles. The number of Topliss-reactive ketones (excluding diaryl/α,β-unsaturated/α-hetero) is 1. The summed E-state index contributed by atoms with van der Waals surface area (Å²) in [7, 11) is 1.57. The van der Waals surface area contributed by atoms with Gasteiger partial charge in [0.15, 0.2) is 5.78 Å². The van der Waals surface area contributed by atoms with Crippen LogP contribution in [-0.2, 0) is 5.41 Å². The van der Waals surface area contributed by atoms with Crippen molar-refractivity contribution in [3.05, 3.63) is 59.9 Å². The lowest BCUT2D eigenvalue weighted by Crippen LogP contribution is -2.29. The number of benzene rings is 1. The van der Waals surface area contributed by atoms with E-state index in [9.17, 15) is 4.79 Å². The summed E-state index contributed by atoms with van der Waals surface area (Å²) >= 11 is 0. The van der Waals surface area contributed by atoms with Gasteiger partial charge in [-0.15, -0.1) is 0 Å². The topological polar surface area (TPSA) is 39.2 Å². The molecule has 1 aromatic carbocycles. The molecule has 3 heteroatoms. The fourth-order valence-electron chi connectivity index (χ4n) is 2.03. The van der Waals surface area contributed by atoms with Gasteiger partial charge in [-0.25, -0.2) is 0 Å². The number of methoxy groups -OCH3 is 1. The van der Waals surface area contributed by atoms with Crippen LogP contribution in [0.5, 0.6) is 5.75 Å². The van der Waals surface area contributed by atoms with E-state index >= 15 is 0 Å². The standard InChI is InChI=1S/C16H17NO2/c1-16(2,12-7-6-10-17-11-12)15(18)13-8-4-5-9-14(13)19-3/h4-11H,1-3H3. The van der Waals surface area contributed by atoms with Gasteiger partial charge >= 0.3 is 0 Å². The molecule has 0 aliphatic heterocycles. The summed E-state index contributed by atoms with van der Waals surface area (Å²) in [5.41, 5.74) is 0.854. The number of aromatic nitrogens is 1. The molecule has 2 aromatic rings. The minimum absolute atomic E-state index is 0.0259. The fourth-order valence-corrected chi connectivity index (χ4v) is 2.03. The third kappa shape index (κ3) is 2.50. The number of hydrogen-bond donors (Lipinski definition) is 0. The Bertz CT molecular complexity index is 576. The van der Waals surface area contributed by atoms with Crippen LogP contribution in [0.4, 0.5) is 0 Å². The van der Waals surface area contributed by atoms with Gasteiger partial charge in [0.25, 0.3) is 0 Å². The molecular formula is C16H17NO2. The SMILES string of the molecule is COc1ccccc1C(=O)C(C)(C)c1cccnc1. The number of carbonyl (C=O) groups is 1. The Balaban J connectivity index is 2.44. The van der Waals surface area contributed by atoms with Crippen molar-refractivity contribution in [2.24, 2.45) is 0 Å². The number of nitrogens with zero attached hydrogens (tertiary/aromatic N) is 1. The lowest BCUT2D eigenvalue weighted by atomic mass is 9.78. The molecular weight excluding hydrogens is 238 g/mol. The van der Waals surface area contributed by atoms with Gasteiger partial charge in [0.1, 0.15) is 5.75 Å². The normalized spacial score (nSPS) is 11.1. The van der Waals surface area contributed by atoms with E-state index in [1.807, 2.05) is 38.1 Å². The van der Waals surface area contributed by atoms with Crippen molar-refractivity contribution in [2.45, 2.75) is 19.3 Å². The Hall–Kier alpha value is -2.16. The Morgan fingerprint density at radius 3 is 2.53 bits per heavy atom. The van der Waals surface area contributed by atoms with E-state index in [-0.39, 0.29) is 5.78 Å². The second-order valence-corrected chi connectivity index (χ2v) is 4.90. The summed E-state index contributed by atoms with van der Waals surface area (Å²) < 4.78 is 5.26. The molecule has 0 spiro atoms. The molecule has 3 nitrogen and oxygen atoms in total. The predicted molar refractivity (Wildman–Crippen MR) is 74.6 cm³/mol. The molecule has 2 rings (SSSR count). The number of rotatable bonds is 4. The van der Waals surface area contributed by atoms with Gasteiger partial charge in [0, 0.05) is 12.4 Å². The highest BCUT2D eigenvalue weighted by atomic mass is 16.5. The molecule has 0 unspecified atom stereocenters. The van der Waals surface area contributed by atoms with E-state index in [2.05, 4.69) is 4.98 Å². The van der Waals surface area contributed by atoms with Crippen LogP contribution < -0.4 is 4.74 Å². The van der Waals surface area contributed by atoms with Crippen LogP contribution >= 0.6 is 0 Å². The lowest BCUT2D eigenvalue weighted by molar-refractivity contribution is 0.0905. The number of hydrogen-bond acceptors (Lipinski definition) is 3. The highest BCUT2D eigenvalue weighted by Gasteiger charge is 2.32. The summed E-state index contributed by atoms with van der Waals surface area (Å²) in [6, 6.07) is 11.0. The van der Waals surface area contributed by atoms with Crippen molar-refractivity contribution in [3.63, 3.8) is 0 Å². The minimum atomic E-state index is -0.636. The Morgan fingerprint density at radius 2 is 1.89 bits per heavy atom. The summed E-state index contributed by atoms with van der Waals surface area (Å²) in [4.78, 5) is 16.8. The molecule has 1 aromatic heterocycles. The Labute approximate surface area is 113 Å². The van der Waals surface area contributed by atoms with E-state index in [1.165, 1.54) is 0 Å². The first-order chi connectivity index (χ1) is 9.07. The van der Waals surface area contributed by atoms with Gasteiger partial charge in [-0.3, -0.25) is 9.78 Å². The maximum Gasteiger partial charge on any atom is 0.176 e.